The minimum Gasteiger partial charge on any atom is -0.480 e. The van der Waals surface area contributed by atoms with E-state index in [0.29, 0.717) is 5.75 Å². The molecule has 0 aromatic heterocycles. The third kappa shape index (κ3) is 7.29. The molecular weight excluding hydrogens is 432 g/mol. The lowest BCUT2D eigenvalue weighted by atomic mass is 9.74. The molecule has 1 heterocycles. The quantitative estimate of drug-likeness (QED) is 0.386. The van der Waals surface area contributed by atoms with Gasteiger partial charge < -0.3 is 20.1 Å². The number of hydrogen-bond acceptors (Lipinski definition) is 5. The zero-order chi connectivity index (χ0) is 25.5. The third-order valence-corrected chi connectivity index (χ3v) is 7.16. The van der Waals surface area contributed by atoms with Crippen molar-refractivity contribution in [2.75, 3.05) is 20.1 Å². The van der Waals surface area contributed by atoms with Crippen molar-refractivity contribution in [3.8, 4) is 5.75 Å². The predicted octanol–water partition coefficient (Wildman–Crippen LogP) is 4.39. The van der Waals surface area contributed by atoms with Gasteiger partial charge in [0.2, 0.25) is 5.91 Å². The summed E-state index contributed by atoms with van der Waals surface area (Å²) < 4.78 is 5.65. The van der Waals surface area contributed by atoms with Crippen LogP contribution in [0.3, 0.4) is 0 Å². The van der Waals surface area contributed by atoms with Crippen molar-refractivity contribution >= 4 is 17.8 Å². The van der Waals surface area contributed by atoms with E-state index in [4.69, 9.17) is 4.74 Å². The molecule has 2 N–H and O–H groups in total. The van der Waals surface area contributed by atoms with Gasteiger partial charge in [0.15, 0.2) is 0 Å². The van der Waals surface area contributed by atoms with Crippen molar-refractivity contribution in [2.45, 2.75) is 84.6 Å². The summed E-state index contributed by atoms with van der Waals surface area (Å²) in [5.41, 5.74) is 0.341. The van der Waals surface area contributed by atoms with Gasteiger partial charge in [-0.3, -0.25) is 9.59 Å². The number of ether oxygens (including phenoxy) is 1. The minimum absolute atomic E-state index is 0.0465. The Morgan fingerprint density at radius 3 is 2.56 bits per heavy atom. The summed E-state index contributed by atoms with van der Waals surface area (Å²) >= 11 is 0. The number of amides is 1. The highest BCUT2D eigenvalue weighted by molar-refractivity contribution is 5.87. The molecule has 7 heteroatoms. The Balaban J connectivity index is 2.02. The third-order valence-electron chi connectivity index (χ3n) is 7.16. The fourth-order valence-electron chi connectivity index (χ4n) is 4.70. The molecule has 1 aromatic carbocycles. The largest absolute Gasteiger partial charge is 0.480 e. The average Bonchev–Trinajstić information content (AvgIpc) is 2.97. The molecule has 1 amide bonds. The summed E-state index contributed by atoms with van der Waals surface area (Å²) in [5.74, 6) is -1.57. The van der Waals surface area contributed by atoms with Crippen LogP contribution >= 0.6 is 0 Å². The van der Waals surface area contributed by atoms with Crippen LogP contribution in [0.4, 0.5) is 0 Å². The zero-order valence-corrected chi connectivity index (χ0v) is 21.6. The van der Waals surface area contributed by atoms with Gasteiger partial charge in [-0.1, -0.05) is 53.2 Å². The first-order chi connectivity index (χ1) is 15.9. The summed E-state index contributed by atoms with van der Waals surface area (Å²) in [6.45, 7) is 11.2. The molecule has 2 rings (SSSR count). The van der Waals surface area contributed by atoms with E-state index in [-0.39, 0.29) is 30.1 Å². The Morgan fingerprint density at radius 1 is 1.24 bits per heavy atom. The second-order valence-electron chi connectivity index (χ2n) is 10.7. The Hall–Kier alpha value is -2.41. The number of rotatable bonds is 10. The smallest absolute Gasteiger partial charge is 0.326 e. The van der Waals surface area contributed by atoms with Crippen LogP contribution in [0.15, 0.2) is 24.3 Å². The number of nitrogens with zero attached hydrogens (tertiary/aromatic N) is 1. The van der Waals surface area contributed by atoms with Crippen molar-refractivity contribution < 1.29 is 24.2 Å². The lowest BCUT2D eigenvalue weighted by Crippen LogP contribution is -2.49. The lowest BCUT2D eigenvalue weighted by molar-refractivity contribution is -0.145. The first kappa shape index (κ1) is 27.8. The lowest BCUT2D eigenvalue weighted by Gasteiger charge is -2.35. The fraction of sp³-hybridized carbons (Fsp3) is 0.667. The minimum atomic E-state index is -1.07. The maximum atomic E-state index is 12.7. The van der Waals surface area contributed by atoms with Gasteiger partial charge in [-0.05, 0) is 62.9 Å². The van der Waals surface area contributed by atoms with Gasteiger partial charge in [0.25, 0.3) is 0 Å². The number of hydrogen-bond donors (Lipinski definition) is 2. The van der Waals surface area contributed by atoms with Crippen molar-refractivity contribution in [1.29, 1.82) is 0 Å². The molecular formula is C27H42N2O5. The topological polar surface area (TPSA) is 95.9 Å². The van der Waals surface area contributed by atoms with Gasteiger partial charge in [0.05, 0.1) is 0 Å². The molecule has 1 aliphatic heterocycles. The first-order valence-corrected chi connectivity index (χ1v) is 12.4. The van der Waals surface area contributed by atoms with E-state index in [0.717, 1.165) is 25.9 Å². The highest BCUT2D eigenvalue weighted by Gasteiger charge is 2.34. The number of nitrogens with one attached hydrogen (secondary N) is 1. The molecule has 0 radical (unpaired) electrons. The van der Waals surface area contributed by atoms with Gasteiger partial charge in [0, 0.05) is 23.8 Å². The van der Waals surface area contributed by atoms with Gasteiger partial charge in [-0.2, -0.15) is 0 Å². The molecule has 0 saturated carbocycles. The normalized spacial score (nSPS) is 20.4. The van der Waals surface area contributed by atoms with Crippen LogP contribution in [0.5, 0.6) is 5.75 Å². The number of carboxylic acid groups (broad SMARTS) is 1. The molecule has 7 nitrogen and oxygen atoms in total. The van der Waals surface area contributed by atoms with Crippen molar-refractivity contribution in [2.24, 2.45) is 11.3 Å². The SMILES string of the molecule is CCC1(c2cccc(OC(=O)CCC(C)(C)C(=O)NC(C(=O)O)C(C)C)c2)CCCCN(C)C1. The van der Waals surface area contributed by atoms with Crippen molar-refractivity contribution in [3.05, 3.63) is 29.8 Å². The average molecular weight is 475 g/mol. The number of aliphatic carboxylic acids is 1. The molecule has 0 aliphatic carbocycles. The van der Waals surface area contributed by atoms with Gasteiger partial charge in [-0.15, -0.1) is 0 Å². The molecule has 1 aromatic rings. The number of esters is 1. The summed E-state index contributed by atoms with van der Waals surface area (Å²) in [5, 5.41) is 11.9. The number of likely N-dealkylation sites (tertiary alicyclic amines) is 1. The molecule has 2 unspecified atom stereocenters. The van der Waals surface area contributed by atoms with Crippen LogP contribution in [0.1, 0.15) is 78.7 Å². The summed E-state index contributed by atoms with van der Waals surface area (Å²) in [7, 11) is 2.16. The Labute approximate surface area is 204 Å². The zero-order valence-electron chi connectivity index (χ0n) is 21.6. The van der Waals surface area contributed by atoms with Crippen molar-refractivity contribution in [1.82, 2.24) is 10.2 Å². The van der Waals surface area contributed by atoms with Crippen LogP contribution in [0, 0.1) is 11.3 Å². The number of benzene rings is 1. The van der Waals surface area contributed by atoms with Crippen LogP contribution in [-0.4, -0.2) is 54.0 Å². The first-order valence-electron chi connectivity index (χ1n) is 12.4. The molecule has 0 bridgehead atoms. The number of likely N-dealkylation sites (N-methyl/N-ethyl adjacent to an activating group) is 1. The van der Waals surface area contributed by atoms with Crippen LogP contribution in [-0.2, 0) is 19.8 Å². The van der Waals surface area contributed by atoms with Crippen LogP contribution in [0.25, 0.3) is 0 Å². The Kier molecular flexibility index (Phi) is 9.68. The molecule has 1 fully saturated rings. The van der Waals surface area contributed by atoms with E-state index in [1.54, 1.807) is 33.8 Å². The summed E-state index contributed by atoms with van der Waals surface area (Å²) in [4.78, 5) is 39.1. The monoisotopic (exact) mass is 474 g/mol. The Morgan fingerprint density at radius 2 is 1.94 bits per heavy atom. The Bertz CT molecular complexity index is 866. The highest BCUT2D eigenvalue weighted by Crippen LogP contribution is 2.37. The van der Waals surface area contributed by atoms with E-state index in [1.165, 1.54) is 18.4 Å². The maximum Gasteiger partial charge on any atom is 0.326 e. The van der Waals surface area contributed by atoms with E-state index in [9.17, 15) is 19.5 Å². The van der Waals surface area contributed by atoms with Crippen LogP contribution < -0.4 is 10.1 Å². The summed E-state index contributed by atoms with van der Waals surface area (Å²) in [6, 6.07) is 6.88. The number of carbonyl (C=O) groups excluding carboxylic acids is 2. The van der Waals surface area contributed by atoms with Crippen molar-refractivity contribution in [3.63, 3.8) is 0 Å². The number of carboxylic acids is 1. The van der Waals surface area contributed by atoms with Gasteiger partial charge >= 0.3 is 11.9 Å². The predicted molar refractivity (Wildman–Crippen MR) is 133 cm³/mol. The highest BCUT2D eigenvalue weighted by atomic mass is 16.5. The molecule has 1 saturated heterocycles. The van der Waals surface area contributed by atoms with E-state index < -0.39 is 23.4 Å². The molecule has 190 valence electrons. The summed E-state index contributed by atoms with van der Waals surface area (Å²) in [6.07, 6.45) is 4.82. The van der Waals surface area contributed by atoms with Crippen LogP contribution in [0.2, 0.25) is 0 Å². The molecule has 0 spiro atoms. The second-order valence-corrected chi connectivity index (χ2v) is 10.7. The van der Waals surface area contributed by atoms with Gasteiger partial charge in [0.1, 0.15) is 11.8 Å². The van der Waals surface area contributed by atoms with E-state index in [1.807, 2.05) is 12.1 Å². The maximum absolute atomic E-state index is 12.7. The fourth-order valence-corrected chi connectivity index (χ4v) is 4.70. The number of carbonyl (C=O) groups is 3. The molecule has 2 atom stereocenters. The standard InChI is InChI=1S/C27H42N2O5/c1-7-27(14-8-9-16-29(6)18-27)20-11-10-12-21(17-20)34-22(30)13-15-26(4,5)25(33)28-23(19(2)3)24(31)32/h10-12,17,19,23H,7-9,13-16,18H2,1-6H3,(H,28,33)(H,31,32). The van der Waals surface area contributed by atoms with E-state index in [2.05, 4.69) is 30.3 Å². The molecule has 1 aliphatic rings. The van der Waals surface area contributed by atoms with Gasteiger partial charge in [-0.25, -0.2) is 4.79 Å². The van der Waals surface area contributed by atoms with E-state index >= 15 is 0 Å². The molecule has 34 heavy (non-hydrogen) atoms. The second kappa shape index (κ2) is 11.8.